The highest BCUT2D eigenvalue weighted by atomic mass is 19.2. The molecule has 1 heterocycles. The van der Waals surface area contributed by atoms with Gasteiger partial charge in [-0.15, -0.1) is 0 Å². The van der Waals surface area contributed by atoms with Gasteiger partial charge >= 0.3 is 0 Å². The molecule has 0 unspecified atom stereocenters. The van der Waals surface area contributed by atoms with Crippen molar-refractivity contribution in [2.75, 3.05) is 0 Å². The molecule has 102 valence electrons. The fourth-order valence-corrected chi connectivity index (χ4v) is 1.79. The van der Waals surface area contributed by atoms with Gasteiger partial charge in [-0.3, -0.25) is 0 Å². The van der Waals surface area contributed by atoms with Gasteiger partial charge in [0.1, 0.15) is 22.1 Å². The largest absolute Gasteiger partial charge is 0.238 e. The van der Waals surface area contributed by atoms with E-state index in [1.807, 2.05) is 0 Å². The average Bonchev–Trinajstić information content (AvgIpc) is 2.41. The third-order valence-electron chi connectivity index (χ3n) is 2.69. The molecule has 0 radical (unpaired) electrons. The first-order chi connectivity index (χ1) is 9.40. The Bertz CT molecular complexity index is 804. The summed E-state index contributed by atoms with van der Waals surface area (Å²) < 4.78 is 80.0. The van der Waals surface area contributed by atoms with Gasteiger partial charge < -0.3 is 0 Å². The van der Waals surface area contributed by atoms with Crippen LogP contribution in [0.3, 0.4) is 0 Å². The highest BCUT2D eigenvalue weighted by molar-refractivity contribution is 5.87. The summed E-state index contributed by atoms with van der Waals surface area (Å²) in [6, 6.07) is 0.372. The molecule has 0 bridgehead atoms. The van der Waals surface area contributed by atoms with Gasteiger partial charge in [0.05, 0.1) is 0 Å². The predicted molar refractivity (Wildman–Crippen MR) is 56.8 cm³/mol. The molecule has 0 aliphatic heterocycles. The highest BCUT2D eigenvalue weighted by Gasteiger charge is 2.20. The van der Waals surface area contributed by atoms with Crippen molar-refractivity contribution < 1.29 is 26.3 Å². The molecule has 0 atom stereocenters. The van der Waals surface area contributed by atoms with Crippen LogP contribution < -0.4 is 0 Å². The SMILES string of the molecule is Fc1cc(F)c2nc3c(F)c(F)cc(F)c3nc2c1F. The second-order valence-electron chi connectivity index (χ2n) is 3.93. The van der Waals surface area contributed by atoms with Crippen LogP contribution in [0.4, 0.5) is 26.3 Å². The van der Waals surface area contributed by atoms with E-state index in [2.05, 4.69) is 9.97 Å². The summed E-state index contributed by atoms with van der Waals surface area (Å²) in [5.74, 6) is -8.85. The van der Waals surface area contributed by atoms with Gasteiger partial charge in [-0.1, -0.05) is 0 Å². The number of fused-ring (bicyclic) bond motifs is 2. The van der Waals surface area contributed by atoms with E-state index in [4.69, 9.17) is 0 Å². The lowest BCUT2D eigenvalue weighted by Crippen LogP contribution is -2.01. The molecule has 2 nitrogen and oxygen atoms in total. The molecule has 0 aliphatic carbocycles. The van der Waals surface area contributed by atoms with Gasteiger partial charge in [-0.05, 0) is 0 Å². The highest BCUT2D eigenvalue weighted by Crippen LogP contribution is 2.26. The quantitative estimate of drug-likeness (QED) is 0.359. The van der Waals surface area contributed by atoms with Crippen LogP contribution in [-0.4, -0.2) is 9.97 Å². The van der Waals surface area contributed by atoms with E-state index in [9.17, 15) is 26.3 Å². The standard InChI is InChI=1S/C12H2F6N2/c13-3-1-5(15)9-11(7(3)17)20-10-6(16)2-4(14)8(18)12(10)19-9/h1-2H. The Labute approximate surface area is 106 Å². The molecule has 0 N–H and O–H groups in total. The van der Waals surface area contributed by atoms with E-state index in [0.717, 1.165) is 0 Å². The lowest BCUT2D eigenvalue weighted by molar-refractivity contribution is 0.499. The number of rotatable bonds is 0. The number of nitrogens with zero attached hydrogens (tertiary/aromatic N) is 2. The first-order valence-corrected chi connectivity index (χ1v) is 5.18. The number of aromatic nitrogens is 2. The van der Waals surface area contributed by atoms with E-state index >= 15 is 0 Å². The lowest BCUT2D eigenvalue weighted by atomic mass is 10.2. The average molecular weight is 288 g/mol. The van der Waals surface area contributed by atoms with E-state index in [0.29, 0.717) is 0 Å². The fraction of sp³-hybridized carbons (Fsp3) is 0. The van der Waals surface area contributed by atoms with Gasteiger partial charge in [0.25, 0.3) is 0 Å². The van der Waals surface area contributed by atoms with Crippen LogP contribution in [0.15, 0.2) is 12.1 Å². The fourth-order valence-electron chi connectivity index (χ4n) is 1.79. The molecule has 0 amide bonds. The summed E-state index contributed by atoms with van der Waals surface area (Å²) in [7, 11) is 0. The van der Waals surface area contributed by atoms with Gasteiger partial charge in [-0.25, -0.2) is 36.3 Å². The van der Waals surface area contributed by atoms with Crippen molar-refractivity contribution in [1.29, 1.82) is 0 Å². The first kappa shape index (κ1) is 12.6. The normalized spacial score (nSPS) is 11.5. The maximum absolute atomic E-state index is 13.5. The summed E-state index contributed by atoms with van der Waals surface area (Å²) in [5.41, 5.74) is -3.44. The molecule has 8 heteroatoms. The molecule has 0 saturated carbocycles. The molecule has 2 aromatic carbocycles. The maximum Gasteiger partial charge on any atom is 0.186 e. The Hall–Kier alpha value is -2.38. The van der Waals surface area contributed by atoms with Crippen LogP contribution in [0.5, 0.6) is 0 Å². The number of benzene rings is 2. The van der Waals surface area contributed by atoms with Crippen molar-refractivity contribution >= 4 is 22.1 Å². The molecular formula is C12H2F6N2. The van der Waals surface area contributed by atoms with Crippen molar-refractivity contribution in [3.8, 4) is 0 Å². The zero-order chi connectivity index (χ0) is 14.6. The molecule has 0 fully saturated rings. The number of halogens is 6. The van der Waals surface area contributed by atoms with Crippen molar-refractivity contribution in [2.45, 2.75) is 0 Å². The van der Waals surface area contributed by atoms with E-state index in [-0.39, 0.29) is 12.1 Å². The first-order valence-electron chi connectivity index (χ1n) is 5.18. The van der Waals surface area contributed by atoms with Crippen LogP contribution in [-0.2, 0) is 0 Å². The van der Waals surface area contributed by atoms with Gasteiger partial charge in [0.15, 0.2) is 34.9 Å². The van der Waals surface area contributed by atoms with Gasteiger partial charge in [-0.2, -0.15) is 0 Å². The molecular weight excluding hydrogens is 286 g/mol. The van der Waals surface area contributed by atoms with Crippen molar-refractivity contribution in [1.82, 2.24) is 9.97 Å². The third kappa shape index (κ3) is 1.60. The lowest BCUT2D eigenvalue weighted by Gasteiger charge is -2.05. The van der Waals surface area contributed by atoms with Crippen LogP contribution in [0, 0.1) is 34.9 Å². The monoisotopic (exact) mass is 288 g/mol. The second kappa shape index (κ2) is 4.06. The molecule has 20 heavy (non-hydrogen) atoms. The molecule has 0 spiro atoms. The van der Waals surface area contributed by atoms with Crippen molar-refractivity contribution in [3.05, 3.63) is 47.0 Å². The Balaban J connectivity index is 2.60. The third-order valence-corrected chi connectivity index (χ3v) is 2.69. The minimum absolute atomic E-state index is 0.186. The summed E-state index contributed by atoms with van der Waals surface area (Å²) in [4.78, 5) is 6.60. The van der Waals surface area contributed by atoms with Crippen LogP contribution >= 0.6 is 0 Å². The zero-order valence-corrected chi connectivity index (χ0v) is 9.32. The van der Waals surface area contributed by atoms with E-state index in [1.165, 1.54) is 0 Å². The summed E-state index contributed by atoms with van der Waals surface area (Å²) >= 11 is 0. The molecule has 0 saturated heterocycles. The molecule has 1 aromatic heterocycles. The smallest absolute Gasteiger partial charge is 0.186 e. The van der Waals surface area contributed by atoms with E-state index in [1.54, 1.807) is 0 Å². The number of hydrogen-bond donors (Lipinski definition) is 0. The number of hydrogen-bond acceptors (Lipinski definition) is 2. The minimum Gasteiger partial charge on any atom is -0.238 e. The van der Waals surface area contributed by atoms with Crippen LogP contribution in [0.2, 0.25) is 0 Å². The molecule has 3 aromatic rings. The Morgan fingerprint density at radius 2 is 0.850 bits per heavy atom. The molecule has 0 aliphatic rings. The molecule has 3 rings (SSSR count). The minimum atomic E-state index is -1.56. The van der Waals surface area contributed by atoms with Crippen LogP contribution in [0.1, 0.15) is 0 Å². The van der Waals surface area contributed by atoms with Crippen molar-refractivity contribution in [2.24, 2.45) is 0 Å². The van der Waals surface area contributed by atoms with Gasteiger partial charge in [0, 0.05) is 12.1 Å². The van der Waals surface area contributed by atoms with E-state index < -0.39 is 57.0 Å². The topological polar surface area (TPSA) is 25.8 Å². The summed E-state index contributed by atoms with van der Waals surface area (Å²) in [6.07, 6.45) is 0. The maximum atomic E-state index is 13.5. The van der Waals surface area contributed by atoms with Crippen molar-refractivity contribution in [3.63, 3.8) is 0 Å². The van der Waals surface area contributed by atoms with Gasteiger partial charge in [0.2, 0.25) is 0 Å². The Morgan fingerprint density at radius 3 is 1.20 bits per heavy atom. The summed E-state index contributed by atoms with van der Waals surface area (Å²) in [6.45, 7) is 0. The predicted octanol–water partition coefficient (Wildman–Crippen LogP) is 3.62. The Kier molecular flexibility index (Phi) is 2.56. The Morgan fingerprint density at radius 1 is 0.500 bits per heavy atom. The second-order valence-corrected chi connectivity index (χ2v) is 3.93. The summed E-state index contributed by atoms with van der Waals surface area (Å²) in [5, 5.41) is 0. The zero-order valence-electron chi connectivity index (χ0n) is 9.32. The van der Waals surface area contributed by atoms with Crippen LogP contribution in [0.25, 0.3) is 22.1 Å².